The van der Waals surface area contributed by atoms with Gasteiger partial charge in [0.25, 0.3) is 0 Å². The zero-order chi connectivity index (χ0) is 23.0. The Morgan fingerprint density at radius 1 is 0.697 bits per heavy atom. The first-order valence-electron chi connectivity index (χ1n) is 11.0. The van der Waals surface area contributed by atoms with Crippen LogP contribution in [0.5, 0.6) is 0 Å². The van der Waals surface area contributed by atoms with Crippen molar-refractivity contribution < 1.29 is 19.1 Å². The van der Waals surface area contributed by atoms with Crippen LogP contribution in [-0.4, -0.2) is 24.3 Å². The summed E-state index contributed by atoms with van der Waals surface area (Å²) < 4.78 is 5.38. The van der Waals surface area contributed by atoms with Crippen LogP contribution in [0.4, 0.5) is 11.4 Å². The van der Waals surface area contributed by atoms with E-state index in [1.807, 2.05) is 78.9 Å². The van der Waals surface area contributed by atoms with Crippen molar-refractivity contribution in [2.24, 2.45) is 11.8 Å². The van der Waals surface area contributed by atoms with Crippen molar-refractivity contribution in [3.8, 4) is 0 Å². The number of anilines is 2. The maximum atomic E-state index is 13.8. The molecule has 2 atom stereocenters. The van der Waals surface area contributed by atoms with E-state index in [9.17, 15) is 14.4 Å². The largest absolute Gasteiger partial charge is 0.457 e. The van der Waals surface area contributed by atoms with Crippen LogP contribution in [0.25, 0.3) is 0 Å². The first kappa shape index (κ1) is 22.2. The van der Waals surface area contributed by atoms with Crippen molar-refractivity contribution in [1.29, 1.82) is 0 Å². The molecular formula is C28H25NO4. The van der Waals surface area contributed by atoms with Gasteiger partial charge in [-0.2, -0.15) is 0 Å². The van der Waals surface area contributed by atoms with Crippen LogP contribution in [0.2, 0.25) is 0 Å². The van der Waals surface area contributed by atoms with Crippen LogP contribution in [0, 0.1) is 11.8 Å². The second-order valence-corrected chi connectivity index (χ2v) is 7.90. The average molecular weight is 440 g/mol. The lowest BCUT2D eigenvalue weighted by Gasteiger charge is -2.32. The number of Topliss-reactive ketones (excluding diaryl/α,β-unsaturated/α-hetero) is 1. The molecule has 33 heavy (non-hydrogen) atoms. The highest BCUT2D eigenvalue weighted by Gasteiger charge is 2.38. The summed E-state index contributed by atoms with van der Waals surface area (Å²) in [4.78, 5) is 40.8. The van der Waals surface area contributed by atoms with Crippen LogP contribution in [0.3, 0.4) is 0 Å². The summed E-state index contributed by atoms with van der Waals surface area (Å²) in [6.07, 6.45) is 4.65. The molecule has 1 aliphatic rings. The van der Waals surface area contributed by atoms with Crippen molar-refractivity contribution in [3.63, 3.8) is 0 Å². The molecular weight excluding hydrogens is 414 g/mol. The van der Waals surface area contributed by atoms with Gasteiger partial charge < -0.3 is 4.74 Å². The van der Waals surface area contributed by atoms with Crippen LogP contribution in [-0.2, 0) is 14.3 Å². The summed E-state index contributed by atoms with van der Waals surface area (Å²) in [7, 11) is 0. The van der Waals surface area contributed by atoms with E-state index in [1.165, 1.54) is 0 Å². The third-order valence-corrected chi connectivity index (χ3v) is 5.74. The zero-order valence-corrected chi connectivity index (χ0v) is 18.2. The number of carbonyl (C=O) groups excluding carboxylic acids is 3. The average Bonchev–Trinajstić information content (AvgIpc) is 2.89. The van der Waals surface area contributed by atoms with E-state index in [4.69, 9.17) is 4.74 Å². The fraction of sp³-hybridized carbons (Fsp3) is 0.179. The molecule has 4 rings (SSSR count). The Balaban J connectivity index is 1.54. The molecule has 0 radical (unpaired) electrons. The SMILES string of the molecule is O=C(COC(=O)C1CC=CCC1C(=O)N(c1ccccc1)c1ccccc1)c1ccccc1. The molecule has 166 valence electrons. The molecule has 0 fully saturated rings. The van der Waals surface area contributed by atoms with E-state index in [1.54, 1.807) is 29.2 Å². The van der Waals surface area contributed by atoms with Crippen molar-refractivity contribution in [2.75, 3.05) is 11.5 Å². The summed E-state index contributed by atoms with van der Waals surface area (Å²) in [5, 5.41) is 0. The number of amides is 1. The Kier molecular flexibility index (Phi) is 7.10. The predicted molar refractivity (Wildman–Crippen MR) is 127 cm³/mol. The fourth-order valence-electron chi connectivity index (χ4n) is 4.02. The van der Waals surface area contributed by atoms with E-state index in [0.717, 1.165) is 11.4 Å². The summed E-state index contributed by atoms with van der Waals surface area (Å²) in [6, 6.07) is 27.5. The number of allylic oxidation sites excluding steroid dienone is 2. The molecule has 0 aliphatic heterocycles. The third kappa shape index (κ3) is 5.26. The smallest absolute Gasteiger partial charge is 0.310 e. The molecule has 0 saturated heterocycles. The minimum atomic E-state index is -0.652. The second-order valence-electron chi connectivity index (χ2n) is 7.90. The Hall–Kier alpha value is -3.99. The van der Waals surface area contributed by atoms with E-state index in [-0.39, 0.29) is 18.3 Å². The normalized spacial score (nSPS) is 17.2. The molecule has 0 heterocycles. The minimum absolute atomic E-state index is 0.173. The molecule has 0 aromatic heterocycles. The monoisotopic (exact) mass is 439 g/mol. The van der Waals surface area contributed by atoms with Crippen LogP contribution in [0.1, 0.15) is 23.2 Å². The van der Waals surface area contributed by atoms with Crippen molar-refractivity contribution in [2.45, 2.75) is 12.8 Å². The summed E-state index contributed by atoms with van der Waals surface area (Å²) >= 11 is 0. The first-order chi connectivity index (χ1) is 16.1. The number of esters is 1. The van der Waals surface area contributed by atoms with Gasteiger partial charge in [-0.15, -0.1) is 0 Å². The maximum Gasteiger partial charge on any atom is 0.310 e. The van der Waals surface area contributed by atoms with Gasteiger partial charge in [0, 0.05) is 16.9 Å². The molecule has 2 unspecified atom stereocenters. The van der Waals surface area contributed by atoms with Gasteiger partial charge in [-0.1, -0.05) is 78.9 Å². The lowest BCUT2D eigenvalue weighted by atomic mass is 9.81. The summed E-state index contributed by atoms with van der Waals surface area (Å²) in [6.45, 7) is -0.342. The highest BCUT2D eigenvalue weighted by atomic mass is 16.5. The van der Waals surface area contributed by atoms with Gasteiger partial charge in [0.15, 0.2) is 12.4 Å². The molecule has 0 saturated carbocycles. The highest BCUT2D eigenvalue weighted by molar-refractivity contribution is 6.04. The molecule has 5 heteroatoms. The Bertz CT molecular complexity index is 1090. The number of ketones is 1. The third-order valence-electron chi connectivity index (χ3n) is 5.74. The standard InChI is InChI=1S/C28H25NO4/c30-26(21-12-4-1-5-13-21)20-33-28(32)25-19-11-10-18-24(25)27(31)29(22-14-6-2-7-15-22)23-16-8-3-9-17-23/h1-17,24-25H,18-20H2. The van der Waals surface area contributed by atoms with Gasteiger partial charge in [-0.25, -0.2) is 0 Å². The minimum Gasteiger partial charge on any atom is -0.457 e. The quantitative estimate of drug-likeness (QED) is 0.282. The number of rotatable bonds is 7. The number of ether oxygens (including phenoxy) is 1. The van der Waals surface area contributed by atoms with Crippen molar-refractivity contribution in [1.82, 2.24) is 0 Å². The second kappa shape index (κ2) is 10.6. The number of carbonyl (C=O) groups is 3. The lowest BCUT2D eigenvalue weighted by Crippen LogP contribution is -2.40. The molecule has 3 aromatic rings. The molecule has 1 amide bonds. The molecule has 0 bridgehead atoms. The van der Waals surface area contributed by atoms with E-state index >= 15 is 0 Å². The number of para-hydroxylation sites is 2. The summed E-state index contributed by atoms with van der Waals surface area (Å²) in [5.41, 5.74) is 1.95. The zero-order valence-electron chi connectivity index (χ0n) is 18.2. The van der Waals surface area contributed by atoms with Crippen molar-refractivity contribution >= 4 is 29.0 Å². The Morgan fingerprint density at radius 3 is 1.73 bits per heavy atom. The van der Waals surface area contributed by atoms with Crippen LogP contribution >= 0.6 is 0 Å². The summed E-state index contributed by atoms with van der Waals surface area (Å²) in [5.74, 6) is -2.21. The predicted octanol–water partition coefficient (Wildman–Crippen LogP) is 5.36. The van der Waals surface area contributed by atoms with E-state index in [0.29, 0.717) is 18.4 Å². The topological polar surface area (TPSA) is 63.7 Å². The van der Waals surface area contributed by atoms with Gasteiger partial charge in [0.2, 0.25) is 5.91 Å². The number of hydrogen-bond acceptors (Lipinski definition) is 4. The van der Waals surface area contributed by atoms with E-state index < -0.39 is 17.8 Å². The van der Waals surface area contributed by atoms with Gasteiger partial charge >= 0.3 is 5.97 Å². The molecule has 5 nitrogen and oxygen atoms in total. The Labute approximate surface area is 193 Å². The Morgan fingerprint density at radius 2 is 1.18 bits per heavy atom. The van der Waals surface area contributed by atoms with Crippen LogP contribution < -0.4 is 4.90 Å². The first-order valence-corrected chi connectivity index (χ1v) is 11.0. The number of hydrogen-bond donors (Lipinski definition) is 0. The van der Waals surface area contributed by atoms with Gasteiger partial charge in [-0.3, -0.25) is 19.3 Å². The molecule has 0 spiro atoms. The van der Waals surface area contributed by atoms with Gasteiger partial charge in [0.1, 0.15) is 0 Å². The fourth-order valence-corrected chi connectivity index (χ4v) is 4.02. The van der Waals surface area contributed by atoms with E-state index in [2.05, 4.69) is 0 Å². The molecule has 3 aromatic carbocycles. The highest BCUT2D eigenvalue weighted by Crippen LogP contribution is 2.34. The molecule has 1 aliphatic carbocycles. The number of benzene rings is 3. The van der Waals surface area contributed by atoms with Gasteiger partial charge in [-0.05, 0) is 37.1 Å². The molecule has 0 N–H and O–H groups in total. The lowest BCUT2D eigenvalue weighted by molar-refractivity contribution is -0.151. The maximum absolute atomic E-state index is 13.8. The van der Waals surface area contributed by atoms with Crippen molar-refractivity contribution in [3.05, 3.63) is 109 Å². The number of nitrogens with zero attached hydrogens (tertiary/aromatic N) is 1. The van der Waals surface area contributed by atoms with Gasteiger partial charge in [0.05, 0.1) is 11.8 Å². The van der Waals surface area contributed by atoms with Crippen LogP contribution in [0.15, 0.2) is 103 Å².